The van der Waals surface area contributed by atoms with Gasteiger partial charge in [0.05, 0.1) is 18.1 Å². The number of benzene rings is 1. The molecule has 0 radical (unpaired) electrons. The van der Waals surface area contributed by atoms with Crippen LogP contribution >= 0.6 is 0 Å². The van der Waals surface area contributed by atoms with E-state index in [4.69, 9.17) is 5.26 Å². The zero-order valence-corrected chi connectivity index (χ0v) is 10.0. The van der Waals surface area contributed by atoms with Gasteiger partial charge in [-0.3, -0.25) is 0 Å². The summed E-state index contributed by atoms with van der Waals surface area (Å²) < 4.78 is 28.8. The molecule has 0 bridgehead atoms. The summed E-state index contributed by atoms with van der Waals surface area (Å²) in [7, 11) is 0. The molecule has 98 valence electrons. The fourth-order valence-electron chi connectivity index (χ4n) is 1.75. The highest BCUT2D eigenvalue weighted by Crippen LogP contribution is 2.32. The van der Waals surface area contributed by atoms with E-state index >= 15 is 0 Å². The predicted molar refractivity (Wildman–Crippen MR) is 62.0 cm³/mol. The van der Waals surface area contributed by atoms with E-state index in [1.807, 2.05) is 13.0 Å². The summed E-state index contributed by atoms with van der Waals surface area (Å²) >= 11 is 0. The molecule has 0 saturated heterocycles. The molecular formula is C13H15F2NO2. The van der Waals surface area contributed by atoms with Crippen LogP contribution in [0.2, 0.25) is 0 Å². The van der Waals surface area contributed by atoms with Crippen molar-refractivity contribution in [2.75, 3.05) is 0 Å². The molecule has 0 heterocycles. The van der Waals surface area contributed by atoms with Gasteiger partial charge in [0.2, 0.25) is 0 Å². The van der Waals surface area contributed by atoms with Gasteiger partial charge in [0.15, 0.2) is 0 Å². The number of nitriles is 1. The second-order valence-corrected chi connectivity index (χ2v) is 3.89. The minimum atomic E-state index is -2.95. The fraction of sp³-hybridized carbons (Fsp3) is 0.462. The standard InChI is InChI=1S/C13H15F2NO2/c1-2-5-9(8-16)12(17)10-6-3-4-7-11(10)18-13(14)15/h3-4,6-7,9,12-13,17H,2,5H2,1H3. The number of aliphatic hydroxyl groups excluding tert-OH is 1. The summed E-state index contributed by atoms with van der Waals surface area (Å²) in [6.07, 6.45) is 0.110. The summed E-state index contributed by atoms with van der Waals surface area (Å²) in [5.41, 5.74) is 0.220. The molecule has 0 amide bonds. The van der Waals surface area contributed by atoms with Crippen molar-refractivity contribution in [1.82, 2.24) is 0 Å². The Kier molecular flexibility index (Phi) is 5.53. The molecule has 1 aromatic carbocycles. The van der Waals surface area contributed by atoms with Crippen LogP contribution in [0.1, 0.15) is 31.4 Å². The predicted octanol–water partition coefficient (Wildman–Crippen LogP) is 3.26. The van der Waals surface area contributed by atoms with Crippen molar-refractivity contribution in [3.05, 3.63) is 29.8 Å². The van der Waals surface area contributed by atoms with Gasteiger partial charge in [-0.05, 0) is 12.5 Å². The van der Waals surface area contributed by atoms with Gasteiger partial charge in [0.1, 0.15) is 5.75 Å². The smallest absolute Gasteiger partial charge is 0.387 e. The van der Waals surface area contributed by atoms with Crippen LogP contribution in [0.25, 0.3) is 0 Å². The van der Waals surface area contributed by atoms with E-state index in [9.17, 15) is 13.9 Å². The Morgan fingerprint density at radius 1 is 1.39 bits per heavy atom. The van der Waals surface area contributed by atoms with Gasteiger partial charge in [-0.15, -0.1) is 0 Å². The maximum Gasteiger partial charge on any atom is 0.387 e. The van der Waals surface area contributed by atoms with Crippen molar-refractivity contribution < 1.29 is 18.6 Å². The van der Waals surface area contributed by atoms with Crippen molar-refractivity contribution in [2.24, 2.45) is 5.92 Å². The highest BCUT2D eigenvalue weighted by molar-refractivity contribution is 5.36. The van der Waals surface area contributed by atoms with Crippen molar-refractivity contribution in [3.8, 4) is 11.8 Å². The van der Waals surface area contributed by atoms with Crippen LogP contribution in [0.5, 0.6) is 5.75 Å². The molecule has 5 heteroatoms. The first kappa shape index (κ1) is 14.4. The summed E-state index contributed by atoms with van der Waals surface area (Å²) in [4.78, 5) is 0. The number of ether oxygens (including phenoxy) is 1. The molecule has 0 aromatic heterocycles. The van der Waals surface area contributed by atoms with E-state index in [1.54, 1.807) is 6.07 Å². The van der Waals surface area contributed by atoms with Crippen LogP contribution in [0.15, 0.2) is 24.3 Å². The lowest BCUT2D eigenvalue weighted by Crippen LogP contribution is -2.13. The number of hydrogen-bond donors (Lipinski definition) is 1. The lowest BCUT2D eigenvalue weighted by Gasteiger charge is -2.19. The average Bonchev–Trinajstić information content (AvgIpc) is 2.35. The molecule has 0 aliphatic heterocycles. The van der Waals surface area contributed by atoms with Crippen molar-refractivity contribution >= 4 is 0 Å². The monoisotopic (exact) mass is 255 g/mol. The van der Waals surface area contributed by atoms with Gasteiger partial charge in [-0.2, -0.15) is 14.0 Å². The fourth-order valence-corrected chi connectivity index (χ4v) is 1.75. The zero-order chi connectivity index (χ0) is 13.5. The Bertz CT molecular complexity index is 418. The number of nitrogens with zero attached hydrogens (tertiary/aromatic N) is 1. The quantitative estimate of drug-likeness (QED) is 0.848. The van der Waals surface area contributed by atoms with E-state index in [0.717, 1.165) is 6.42 Å². The number of rotatable bonds is 6. The highest BCUT2D eigenvalue weighted by atomic mass is 19.3. The second kappa shape index (κ2) is 6.92. The first-order valence-electron chi connectivity index (χ1n) is 5.71. The summed E-state index contributed by atoms with van der Waals surface area (Å²) in [5.74, 6) is -0.714. The van der Waals surface area contributed by atoms with Gasteiger partial charge in [0.25, 0.3) is 0 Å². The first-order chi connectivity index (χ1) is 8.60. The van der Waals surface area contributed by atoms with Crippen molar-refractivity contribution in [1.29, 1.82) is 5.26 Å². The lowest BCUT2D eigenvalue weighted by atomic mass is 9.92. The van der Waals surface area contributed by atoms with E-state index in [0.29, 0.717) is 6.42 Å². The minimum absolute atomic E-state index is 0.0867. The van der Waals surface area contributed by atoms with E-state index in [-0.39, 0.29) is 11.3 Å². The van der Waals surface area contributed by atoms with E-state index < -0.39 is 18.6 Å². The van der Waals surface area contributed by atoms with E-state index in [2.05, 4.69) is 4.74 Å². The average molecular weight is 255 g/mol. The Labute approximate surface area is 105 Å². The molecular weight excluding hydrogens is 240 g/mol. The van der Waals surface area contributed by atoms with Crippen LogP contribution in [-0.2, 0) is 0 Å². The Morgan fingerprint density at radius 3 is 2.61 bits per heavy atom. The molecule has 2 atom stereocenters. The normalized spacial score (nSPS) is 14.0. The molecule has 18 heavy (non-hydrogen) atoms. The van der Waals surface area contributed by atoms with Crippen molar-refractivity contribution in [2.45, 2.75) is 32.5 Å². The summed E-state index contributed by atoms with van der Waals surface area (Å²) in [6.45, 7) is -1.07. The maximum absolute atomic E-state index is 12.2. The van der Waals surface area contributed by atoms with Crippen LogP contribution in [0, 0.1) is 17.2 Å². The van der Waals surface area contributed by atoms with Gasteiger partial charge in [-0.25, -0.2) is 0 Å². The van der Waals surface area contributed by atoms with Crippen molar-refractivity contribution in [3.63, 3.8) is 0 Å². The van der Waals surface area contributed by atoms with Crippen LogP contribution in [0.4, 0.5) is 8.78 Å². The topological polar surface area (TPSA) is 53.2 Å². The largest absolute Gasteiger partial charge is 0.434 e. The molecule has 2 unspecified atom stereocenters. The van der Waals surface area contributed by atoms with Gasteiger partial charge in [-0.1, -0.05) is 31.5 Å². The zero-order valence-electron chi connectivity index (χ0n) is 10.0. The molecule has 0 fully saturated rings. The number of aliphatic hydroxyl groups is 1. The van der Waals surface area contributed by atoms with Gasteiger partial charge >= 0.3 is 6.61 Å². The van der Waals surface area contributed by atoms with Gasteiger partial charge < -0.3 is 9.84 Å². The molecule has 1 N–H and O–H groups in total. The van der Waals surface area contributed by atoms with Gasteiger partial charge in [0, 0.05) is 5.56 Å². The maximum atomic E-state index is 12.2. The molecule has 1 aromatic rings. The van der Waals surface area contributed by atoms with Crippen LogP contribution in [-0.4, -0.2) is 11.7 Å². The molecule has 0 aliphatic carbocycles. The number of alkyl halides is 2. The summed E-state index contributed by atoms with van der Waals surface area (Å²) in [6, 6.07) is 7.97. The minimum Gasteiger partial charge on any atom is -0.434 e. The Morgan fingerprint density at radius 2 is 2.06 bits per heavy atom. The number of hydrogen-bond acceptors (Lipinski definition) is 3. The van der Waals surface area contributed by atoms with E-state index in [1.165, 1.54) is 18.2 Å². The molecule has 3 nitrogen and oxygen atoms in total. The third-order valence-electron chi connectivity index (χ3n) is 2.60. The third kappa shape index (κ3) is 3.67. The van der Waals surface area contributed by atoms with Crippen LogP contribution < -0.4 is 4.74 Å². The highest BCUT2D eigenvalue weighted by Gasteiger charge is 2.23. The lowest BCUT2D eigenvalue weighted by molar-refractivity contribution is -0.0519. The number of para-hydroxylation sites is 1. The number of halogens is 2. The molecule has 0 aliphatic rings. The molecule has 0 saturated carbocycles. The second-order valence-electron chi connectivity index (χ2n) is 3.89. The molecule has 1 rings (SSSR count). The Hall–Kier alpha value is -1.67. The summed E-state index contributed by atoms with van der Waals surface area (Å²) in [5, 5.41) is 19.0. The SMILES string of the molecule is CCCC(C#N)C(O)c1ccccc1OC(F)F. The molecule has 0 spiro atoms. The third-order valence-corrected chi connectivity index (χ3v) is 2.60. The Balaban J connectivity index is 2.97. The van der Waals surface area contributed by atoms with Crippen LogP contribution in [0.3, 0.4) is 0 Å². The first-order valence-corrected chi connectivity index (χ1v) is 5.71.